The molecule has 4 heteroatoms. The van der Waals surface area contributed by atoms with Crippen LogP contribution in [0.25, 0.3) is 0 Å². The standard InChI is InChI=1S/C15H29N3S/c1-5-18-8-6-7-12(18)10-16-14-17-11-13(19-14)9-15(2,3)4/h12-13H,5-11H2,1-4H3,(H,16,17). The van der Waals surface area contributed by atoms with E-state index < -0.39 is 0 Å². The second-order valence-electron chi connectivity index (χ2n) is 6.96. The van der Waals surface area contributed by atoms with E-state index in [-0.39, 0.29) is 0 Å². The van der Waals surface area contributed by atoms with Gasteiger partial charge in [0, 0.05) is 17.8 Å². The maximum Gasteiger partial charge on any atom is 0.156 e. The van der Waals surface area contributed by atoms with Gasteiger partial charge in [0.1, 0.15) is 0 Å². The molecule has 1 saturated heterocycles. The zero-order chi connectivity index (χ0) is 13.9. The molecule has 0 aromatic rings. The zero-order valence-electron chi connectivity index (χ0n) is 12.9. The first-order valence-electron chi connectivity index (χ1n) is 7.67. The van der Waals surface area contributed by atoms with E-state index in [1.54, 1.807) is 0 Å². The molecule has 0 radical (unpaired) electrons. The van der Waals surface area contributed by atoms with Gasteiger partial charge in [0.25, 0.3) is 0 Å². The van der Waals surface area contributed by atoms with Crippen LogP contribution in [0.1, 0.15) is 47.0 Å². The highest BCUT2D eigenvalue weighted by molar-refractivity contribution is 8.14. The van der Waals surface area contributed by atoms with Crippen LogP contribution in [0.3, 0.4) is 0 Å². The summed E-state index contributed by atoms with van der Waals surface area (Å²) in [6, 6.07) is 0.718. The van der Waals surface area contributed by atoms with E-state index in [0.29, 0.717) is 10.7 Å². The van der Waals surface area contributed by atoms with Crippen LogP contribution in [-0.2, 0) is 0 Å². The van der Waals surface area contributed by atoms with E-state index in [0.717, 1.165) is 19.1 Å². The highest BCUT2D eigenvalue weighted by Gasteiger charge is 2.27. The Morgan fingerprint density at radius 1 is 1.42 bits per heavy atom. The third-order valence-corrected chi connectivity index (χ3v) is 5.10. The molecule has 1 fully saturated rings. The summed E-state index contributed by atoms with van der Waals surface area (Å²) in [5.41, 5.74) is 0.410. The Kier molecular flexibility index (Phi) is 5.18. The Bertz CT molecular complexity index is 322. The van der Waals surface area contributed by atoms with Gasteiger partial charge in [-0.15, -0.1) is 0 Å². The van der Waals surface area contributed by atoms with Gasteiger partial charge in [0.2, 0.25) is 0 Å². The van der Waals surface area contributed by atoms with Gasteiger partial charge in [-0.1, -0.05) is 39.5 Å². The van der Waals surface area contributed by atoms with Crippen LogP contribution < -0.4 is 5.32 Å². The summed E-state index contributed by atoms with van der Waals surface area (Å²) in [5.74, 6) is 0. The van der Waals surface area contributed by atoms with Crippen molar-refractivity contribution in [2.75, 3.05) is 26.2 Å². The van der Waals surface area contributed by atoms with Crippen LogP contribution >= 0.6 is 11.8 Å². The molecule has 0 bridgehead atoms. The number of hydrogen-bond acceptors (Lipinski definition) is 4. The molecule has 0 aliphatic carbocycles. The van der Waals surface area contributed by atoms with Crippen LogP contribution in [0.15, 0.2) is 4.99 Å². The Hall–Kier alpha value is -0.220. The number of likely N-dealkylation sites (N-methyl/N-ethyl adjacent to an activating group) is 1. The average Bonchev–Trinajstić information content (AvgIpc) is 2.92. The molecule has 2 aliphatic heterocycles. The van der Waals surface area contributed by atoms with Crippen LogP contribution in [0.2, 0.25) is 0 Å². The van der Waals surface area contributed by atoms with Crippen LogP contribution in [0.5, 0.6) is 0 Å². The number of likely N-dealkylation sites (tertiary alicyclic amines) is 1. The topological polar surface area (TPSA) is 27.6 Å². The third kappa shape index (κ3) is 4.67. The van der Waals surface area contributed by atoms with Gasteiger partial charge in [-0.05, 0) is 37.8 Å². The SMILES string of the molecule is CCN1CCCC1CNC1=NCC(CC(C)(C)C)S1. The van der Waals surface area contributed by atoms with E-state index in [1.807, 2.05) is 11.8 Å². The van der Waals surface area contributed by atoms with Gasteiger partial charge >= 0.3 is 0 Å². The summed E-state index contributed by atoms with van der Waals surface area (Å²) in [5, 5.41) is 5.43. The second kappa shape index (κ2) is 6.49. The van der Waals surface area contributed by atoms with Crippen molar-refractivity contribution in [1.29, 1.82) is 0 Å². The lowest BCUT2D eigenvalue weighted by Gasteiger charge is -2.24. The molecule has 3 nitrogen and oxygen atoms in total. The fourth-order valence-corrected chi connectivity index (χ4v) is 4.42. The van der Waals surface area contributed by atoms with Gasteiger partial charge in [-0.3, -0.25) is 9.89 Å². The van der Waals surface area contributed by atoms with Crippen molar-refractivity contribution >= 4 is 16.9 Å². The molecule has 0 aromatic heterocycles. The maximum atomic E-state index is 4.66. The lowest BCUT2D eigenvalue weighted by molar-refractivity contribution is 0.267. The normalized spacial score (nSPS) is 28.7. The molecule has 2 heterocycles. The minimum absolute atomic E-state index is 0.410. The van der Waals surface area contributed by atoms with Crippen molar-refractivity contribution in [2.24, 2.45) is 10.4 Å². The Labute approximate surface area is 122 Å². The number of thioether (sulfide) groups is 1. The summed E-state index contributed by atoms with van der Waals surface area (Å²) >= 11 is 1.95. The summed E-state index contributed by atoms with van der Waals surface area (Å²) in [6.07, 6.45) is 3.94. The van der Waals surface area contributed by atoms with Crippen LogP contribution in [-0.4, -0.2) is 47.5 Å². The average molecular weight is 283 g/mol. The van der Waals surface area contributed by atoms with Gasteiger partial charge < -0.3 is 5.32 Å². The molecule has 0 aromatic carbocycles. The first kappa shape index (κ1) is 15.2. The Morgan fingerprint density at radius 3 is 2.89 bits per heavy atom. The largest absolute Gasteiger partial charge is 0.363 e. The van der Waals surface area contributed by atoms with E-state index in [2.05, 4.69) is 42.9 Å². The highest BCUT2D eigenvalue weighted by Crippen LogP contribution is 2.31. The Morgan fingerprint density at radius 2 is 2.21 bits per heavy atom. The fourth-order valence-electron chi connectivity index (χ4n) is 3.05. The number of amidine groups is 1. The minimum Gasteiger partial charge on any atom is -0.363 e. The summed E-state index contributed by atoms with van der Waals surface area (Å²) in [4.78, 5) is 7.25. The van der Waals surface area contributed by atoms with E-state index in [4.69, 9.17) is 0 Å². The molecule has 2 rings (SSSR count). The molecule has 110 valence electrons. The summed E-state index contributed by atoms with van der Waals surface area (Å²) in [6.45, 7) is 13.7. The van der Waals surface area contributed by atoms with E-state index >= 15 is 0 Å². The number of hydrogen-bond donors (Lipinski definition) is 1. The maximum absolute atomic E-state index is 4.66. The van der Waals surface area contributed by atoms with Crippen molar-refractivity contribution in [1.82, 2.24) is 10.2 Å². The first-order chi connectivity index (χ1) is 8.98. The van der Waals surface area contributed by atoms with E-state index in [1.165, 1.54) is 37.5 Å². The van der Waals surface area contributed by atoms with Crippen molar-refractivity contribution < 1.29 is 0 Å². The van der Waals surface area contributed by atoms with Gasteiger partial charge in [-0.2, -0.15) is 0 Å². The first-order valence-corrected chi connectivity index (χ1v) is 8.55. The molecule has 19 heavy (non-hydrogen) atoms. The second-order valence-corrected chi connectivity index (χ2v) is 8.25. The van der Waals surface area contributed by atoms with E-state index in [9.17, 15) is 0 Å². The third-order valence-electron chi connectivity index (χ3n) is 3.95. The zero-order valence-corrected chi connectivity index (χ0v) is 13.7. The lowest BCUT2D eigenvalue weighted by Crippen LogP contribution is -2.39. The number of nitrogens with one attached hydrogen (secondary N) is 1. The molecule has 2 aliphatic rings. The Balaban J connectivity index is 1.70. The van der Waals surface area contributed by atoms with Gasteiger partial charge in [-0.25, -0.2) is 0 Å². The minimum atomic E-state index is 0.410. The molecule has 0 spiro atoms. The molecule has 1 N–H and O–H groups in total. The molecule has 0 amide bonds. The number of aliphatic imine (C=N–C) groups is 1. The van der Waals surface area contributed by atoms with Gasteiger partial charge in [0.15, 0.2) is 5.17 Å². The quantitative estimate of drug-likeness (QED) is 0.859. The summed E-state index contributed by atoms with van der Waals surface area (Å²) in [7, 11) is 0. The van der Waals surface area contributed by atoms with Gasteiger partial charge in [0.05, 0.1) is 6.54 Å². The highest BCUT2D eigenvalue weighted by atomic mass is 32.2. The van der Waals surface area contributed by atoms with Crippen molar-refractivity contribution in [2.45, 2.75) is 58.2 Å². The fraction of sp³-hybridized carbons (Fsp3) is 0.933. The molecule has 2 unspecified atom stereocenters. The molecule has 2 atom stereocenters. The molecule has 0 saturated carbocycles. The number of nitrogens with zero attached hydrogens (tertiary/aromatic N) is 2. The predicted molar refractivity (Wildman–Crippen MR) is 86.0 cm³/mol. The van der Waals surface area contributed by atoms with Crippen molar-refractivity contribution in [3.8, 4) is 0 Å². The predicted octanol–water partition coefficient (Wildman–Crippen LogP) is 2.97. The molecular formula is C15H29N3S. The number of rotatable bonds is 4. The molecular weight excluding hydrogens is 254 g/mol. The summed E-state index contributed by atoms with van der Waals surface area (Å²) < 4.78 is 0. The smallest absolute Gasteiger partial charge is 0.156 e. The monoisotopic (exact) mass is 283 g/mol. The van der Waals surface area contributed by atoms with Crippen molar-refractivity contribution in [3.05, 3.63) is 0 Å². The lowest BCUT2D eigenvalue weighted by atomic mass is 9.90. The van der Waals surface area contributed by atoms with Crippen LogP contribution in [0.4, 0.5) is 0 Å². The van der Waals surface area contributed by atoms with Crippen molar-refractivity contribution in [3.63, 3.8) is 0 Å². The van der Waals surface area contributed by atoms with Crippen LogP contribution in [0, 0.1) is 5.41 Å².